The van der Waals surface area contributed by atoms with Crippen LogP contribution in [0.1, 0.15) is 43.4 Å². The lowest BCUT2D eigenvalue weighted by Crippen LogP contribution is -2.59. The fourth-order valence-corrected chi connectivity index (χ4v) is 5.00. The third kappa shape index (κ3) is 6.81. The number of rotatable bonds is 8. The zero-order valence-corrected chi connectivity index (χ0v) is 21.3. The van der Waals surface area contributed by atoms with Gasteiger partial charge in [-0.25, -0.2) is 0 Å². The van der Waals surface area contributed by atoms with E-state index in [4.69, 9.17) is 18.9 Å². The standard InChI is InChI=1S/C27H32F3NO6/c1-17-7-5-8-18(11-17)16-34-26(24(32)31-4)13-21(23-22(14-26)36-25(2,3)37-23)33-15-19-9-6-10-20(12-19)35-27(28,29)30/h5-12,21-23H,13-16H2,1-4H3,(H,31,32)/t21?,22-,23+,26-/m1/s1. The average molecular weight is 524 g/mol. The Kier molecular flexibility index (Phi) is 7.85. The molecule has 2 aromatic rings. The first-order chi connectivity index (χ1) is 17.4. The first-order valence-electron chi connectivity index (χ1n) is 12.1. The summed E-state index contributed by atoms with van der Waals surface area (Å²) in [5.74, 6) is -1.54. The molecule has 1 N–H and O–H groups in total. The number of aryl methyl sites for hydroxylation is 1. The van der Waals surface area contributed by atoms with Gasteiger partial charge in [0.25, 0.3) is 5.91 Å². The van der Waals surface area contributed by atoms with Gasteiger partial charge < -0.3 is 29.0 Å². The van der Waals surface area contributed by atoms with Gasteiger partial charge in [0.2, 0.25) is 0 Å². The van der Waals surface area contributed by atoms with Gasteiger partial charge in [0.05, 0.1) is 25.4 Å². The van der Waals surface area contributed by atoms with E-state index in [-0.39, 0.29) is 37.7 Å². The molecule has 2 fully saturated rings. The molecule has 1 heterocycles. The highest BCUT2D eigenvalue weighted by atomic mass is 19.4. The van der Waals surface area contributed by atoms with Crippen molar-refractivity contribution in [2.24, 2.45) is 0 Å². The van der Waals surface area contributed by atoms with Crippen molar-refractivity contribution < 1.29 is 41.7 Å². The van der Waals surface area contributed by atoms with Crippen LogP contribution in [0.5, 0.6) is 5.75 Å². The largest absolute Gasteiger partial charge is 0.573 e. The number of carbonyl (C=O) groups is 1. The van der Waals surface area contributed by atoms with Gasteiger partial charge in [0.1, 0.15) is 11.9 Å². The summed E-state index contributed by atoms with van der Waals surface area (Å²) in [5.41, 5.74) is 1.22. The van der Waals surface area contributed by atoms with Crippen molar-refractivity contribution in [2.75, 3.05) is 7.05 Å². The predicted molar refractivity (Wildman–Crippen MR) is 128 cm³/mol. The van der Waals surface area contributed by atoms with Gasteiger partial charge in [-0.3, -0.25) is 4.79 Å². The Morgan fingerprint density at radius 3 is 2.43 bits per heavy atom. The minimum Gasteiger partial charge on any atom is -0.406 e. The number of amides is 1. The Hall–Kier alpha value is -2.66. The topological polar surface area (TPSA) is 75.3 Å². The maximum absolute atomic E-state index is 13.2. The Morgan fingerprint density at radius 2 is 1.76 bits per heavy atom. The molecule has 2 aliphatic rings. The Labute approximate surface area is 214 Å². The summed E-state index contributed by atoms with van der Waals surface area (Å²) in [6.07, 6.45) is -5.94. The van der Waals surface area contributed by atoms with Crippen LogP contribution in [0.2, 0.25) is 0 Å². The molecular weight excluding hydrogens is 491 g/mol. The van der Waals surface area contributed by atoms with Gasteiger partial charge in [0, 0.05) is 19.9 Å². The molecule has 1 unspecified atom stereocenters. The van der Waals surface area contributed by atoms with Crippen LogP contribution in [0.25, 0.3) is 0 Å². The Morgan fingerprint density at radius 1 is 1.05 bits per heavy atom. The number of hydrogen-bond donors (Lipinski definition) is 1. The van der Waals surface area contributed by atoms with E-state index in [1.54, 1.807) is 27.0 Å². The number of benzene rings is 2. The molecule has 10 heteroatoms. The number of likely N-dealkylation sites (N-methyl/N-ethyl adjacent to an activating group) is 1. The quantitative estimate of drug-likeness (QED) is 0.536. The number of halogens is 3. The van der Waals surface area contributed by atoms with Gasteiger partial charge in [-0.05, 0) is 44.0 Å². The molecule has 0 bridgehead atoms. The van der Waals surface area contributed by atoms with Crippen molar-refractivity contribution in [3.63, 3.8) is 0 Å². The van der Waals surface area contributed by atoms with Gasteiger partial charge in [-0.2, -0.15) is 0 Å². The molecule has 4 rings (SSSR count). The molecule has 1 amide bonds. The van der Waals surface area contributed by atoms with E-state index in [0.717, 1.165) is 11.1 Å². The van der Waals surface area contributed by atoms with Crippen molar-refractivity contribution in [3.8, 4) is 5.75 Å². The summed E-state index contributed by atoms with van der Waals surface area (Å²) in [6, 6.07) is 13.4. The van der Waals surface area contributed by atoms with Gasteiger partial charge in [-0.15, -0.1) is 13.2 Å². The van der Waals surface area contributed by atoms with E-state index in [2.05, 4.69) is 10.1 Å². The van der Waals surface area contributed by atoms with Crippen LogP contribution < -0.4 is 10.1 Å². The maximum Gasteiger partial charge on any atom is 0.573 e. The highest BCUT2D eigenvalue weighted by Gasteiger charge is 2.57. The molecule has 7 nitrogen and oxygen atoms in total. The first-order valence-corrected chi connectivity index (χ1v) is 12.1. The second-order valence-electron chi connectivity index (χ2n) is 9.94. The summed E-state index contributed by atoms with van der Waals surface area (Å²) in [7, 11) is 1.55. The second-order valence-corrected chi connectivity index (χ2v) is 9.94. The third-order valence-corrected chi connectivity index (χ3v) is 6.48. The molecule has 1 aliphatic heterocycles. The first kappa shape index (κ1) is 27.4. The molecule has 1 aliphatic carbocycles. The van der Waals surface area contributed by atoms with Crippen molar-refractivity contribution >= 4 is 5.91 Å². The van der Waals surface area contributed by atoms with Crippen LogP contribution in [-0.2, 0) is 37.0 Å². The molecule has 2 aromatic carbocycles. The van der Waals surface area contributed by atoms with Crippen LogP contribution in [0, 0.1) is 6.92 Å². The van der Waals surface area contributed by atoms with E-state index >= 15 is 0 Å². The van der Waals surface area contributed by atoms with E-state index in [1.165, 1.54) is 18.2 Å². The molecule has 202 valence electrons. The van der Waals surface area contributed by atoms with Gasteiger partial charge in [-0.1, -0.05) is 42.0 Å². The average Bonchev–Trinajstić information content (AvgIpc) is 3.13. The molecule has 0 spiro atoms. The number of ether oxygens (including phenoxy) is 5. The zero-order chi connectivity index (χ0) is 26.8. The van der Waals surface area contributed by atoms with Gasteiger partial charge >= 0.3 is 6.36 Å². The van der Waals surface area contributed by atoms with E-state index in [0.29, 0.717) is 5.56 Å². The SMILES string of the molecule is CNC(=O)[C@@]1(OCc2cccc(C)c2)CC(OCc2cccc(OC(F)(F)F)c2)[C@@H]2OC(C)(C)O[C@@H]2C1. The van der Waals surface area contributed by atoms with Crippen LogP contribution in [0.15, 0.2) is 48.5 Å². The lowest BCUT2D eigenvalue weighted by atomic mass is 9.78. The minimum absolute atomic E-state index is 0.0194. The van der Waals surface area contributed by atoms with Crippen molar-refractivity contribution in [1.82, 2.24) is 5.32 Å². The Balaban J connectivity index is 1.55. The fourth-order valence-electron chi connectivity index (χ4n) is 5.00. The van der Waals surface area contributed by atoms with Crippen LogP contribution >= 0.6 is 0 Å². The lowest BCUT2D eigenvalue weighted by molar-refractivity contribution is -0.274. The van der Waals surface area contributed by atoms with Crippen LogP contribution in [-0.4, -0.2) is 49.0 Å². The number of carbonyl (C=O) groups excluding carboxylic acids is 1. The molecule has 0 aromatic heterocycles. The van der Waals surface area contributed by atoms with Crippen LogP contribution in [0.3, 0.4) is 0 Å². The smallest absolute Gasteiger partial charge is 0.406 e. The highest BCUT2D eigenvalue weighted by Crippen LogP contribution is 2.44. The summed E-state index contributed by atoms with van der Waals surface area (Å²) < 4.78 is 66.7. The molecule has 1 saturated heterocycles. The zero-order valence-electron chi connectivity index (χ0n) is 21.3. The van der Waals surface area contributed by atoms with E-state index in [9.17, 15) is 18.0 Å². The Bertz CT molecular complexity index is 1110. The number of hydrogen-bond acceptors (Lipinski definition) is 6. The van der Waals surface area contributed by atoms with Crippen LogP contribution in [0.4, 0.5) is 13.2 Å². The van der Waals surface area contributed by atoms with Gasteiger partial charge in [0.15, 0.2) is 11.4 Å². The molecule has 4 atom stereocenters. The predicted octanol–water partition coefficient (Wildman–Crippen LogP) is 4.79. The summed E-state index contributed by atoms with van der Waals surface area (Å²) in [6.45, 7) is 5.74. The highest BCUT2D eigenvalue weighted by molar-refractivity contribution is 5.85. The minimum atomic E-state index is -4.79. The second kappa shape index (κ2) is 10.6. The molecule has 1 saturated carbocycles. The normalized spacial score (nSPS) is 26.9. The summed E-state index contributed by atoms with van der Waals surface area (Å²) in [5, 5.41) is 2.71. The number of nitrogens with one attached hydrogen (secondary N) is 1. The summed E-state index contributed by atoms with van der Waals surface area (Å²) >= 11 is 0. The maximum atomic E-state index is 13.2. The molecular formula is C27H32F3NO6. The number of fused-ring (bicyclic) bond motifs is 1. The number of alkyl halides is 3. The van der Waals surface area contributed by atoms with Crippen molar-refractivity contribution in [3.05, 3.63) is 65.2 Å². The lowest BCUT2D eigenvalue weighted by Gasteiger charge is -2.43. The van der Waals surface area contributed by atoms with E-state index in [1.807, 2.05) is 31.2 Å². The molecule has 37 heavy (non-hydrogen) atoms. The summed E-state index contributed by atoms with van der Waals surface area (Å²) in [4.78, 5) is 13.2. The fraction of sp³-hybridized carbons (Fsp3) is 0.519. The monoisotopic (exact) mass is 523 g/mol. The van der Waals surface area contributed by atoms with Crippen molar-refractivity contribution in [2.45, 2.75) is 82.9 Å². The van der Waals surface area contributed by atoms with Crippen molar-refractivity contribution in [1.29, 1.82) is 0 Å². The molecule has 0 radical (unpaired) electrons. The third-order valence-electron chi connectivity index (χ3n) is 6.48. The van der Waals surface area contributed by atoms with E-state index < -0.39 is 36.1 Å².